The third kappa shape index (κ3) is 3.14. The molecule has 0 bridgehead atoms. The Hall–Kier alpha value is -0.530. The van der Waals surface area contributed by atoms with Gasteiger partial charge in [0.05, 0.1) is 22.2 Å². The first-order chi connectivity index (χ1) is 9.88. The van der Waals surface area contributed by atoms with Gasteiger partial charge in [-0.2, -0.15) is 0 Å². The summed E-state index contributed by atoms with van der Waals surface area (Å²) in [6, 6.07) is 2.53. The Balaban J connectivity index is 1.87. The van der Waals surface area contributed by atoms with Crippen LogP contribution in [-0.2, 0) is 14.8 Å². The number of benzene rings is 1. The SMILES string of the molecule is Nc1cc(Cl)c(S(=O)(=O)NC2CCOC2C2CC2)c(Cl)c1. The highest BCUT2D eigenvalue weighted by atomic mass is 35.5. The molecule has 3 N–H and O–H groups in total. The van der Waals surface area contributed by atoms with Crippen LogP contribution in [0.15, 0.2) is 17.0 Å². The van der Waals surface area contributed by atoms with Crippen molar-refractivity contribution in [2.45, 2.75) is 36.3 Å². The molecule has 1 aliphatic heterocycles. The van der Waals surface area contributed by atoms with Crippen molar-refractivity contribution in [3.63, 3.8) is 0 Å². The largest absolute Gasteiger partial charge is 0.399 e. The Bertz CT molecular complexity index is 638. The summed E-state index contributed by atoms with van der Waals surface area (Å²) < 4.78 is 33.4. The van der Waals surface area contributed by atoms with Crippen LogP contribution in [0.4, 0.5) is 5.69 Å². The van der Waals surface area contributed by atoms with Gasteiger partial charge in [0.1, 0.15) is 4.90 Å². The molecule has 21 heavy (non-hydrogen) atoms. The number of anilines is 1. The molecule has 1 aliphatic carbocycles. The lowest BCUT2D eigenvalue weighted by Gasteiger charge is -2.20. The fraction of sp³-hybridized carbons (Fsp3) is 0.538. The van der Waals surface area contributed by atoms with Gasteiger partial charge in [-0.15, -0.1) is 0 Å². The summed E-state index contributed by atoms with van der Waals surface area (Å²) in [5.41, 5.74) is 5.92. The van der Waals surface area contributed by atoms with Crippen molar-refractivity contribution in [3.8, 4) is 0 Å². The molecule has 0 amide bonds. The van der Waals surface area contributed by atoms with Crippen LogP contribution in [0.2, 0.25) is 10.0 Å². The van der Waals surface area contributed by atoms with E-state index in [2.05, 4.69) is 4.72 Å². The number of nitrogens with two attached hydrogens (primary N) is 1. The van der Waals surface area contributed by atoms with E-state index >= 15 is 0 Å². The maximum atomic E-state index is 12.6. The Morgan fingerprint density at radius 1 is 1.19 bits per heavy atom. The normalized spacial score (nSPS) is 26.2. The van der Waals surface area contributed by atoms with E-state index in [9.17, 15) is 8.42 Å². The fourth-order valence-electron chi connectivity index (χ4n) is 2.72. The van der Waals surface area contributed by atoms with Crippen molar-refractivity contribution >= 4 is 38.9 Å². The number of halogens is 2. The van der Waals surface area contributed by atoms with Gasteiger partial charge in [-0.05, 0) is 37.3 Å². The van der Waals surface area contributed by atoms with Gasteiger partial charge in [-0.1, -0.05) is 23.2 Å². The zero-order valence-corrected chi connectivity index (χ0v) is 13.5. The third-order valence-corrected chi connectivity index (χ3v) is 6.23. The van der Waals surface area contributed by atoms with Crippen molar-refractivity contribution in [1.82, 2.24) is 4.72 Å². The van der Waals surface area contributed by atoms with E-state index in [0.717, 1.165) is 12.8 Å². The van der Waals surface area contributed by atoms with Crippen LogP contribution in [0.25, 0.3) is 0 Å². The van der Waals surface area contributed by atoms with Crippen LogP contribution in [0.3, 0.4) is 0 Å². The van der Waals surface area contributed by atoms with E-state index in [1.165, 1.54) is 12.1 Å². The Labute approximate surface area is 133 Å². The average molecular weight is 351 g/mol. The smallest absolute Gasteiger partial charge is 0.243 e. The minimum atomic E-state index is -3.81. The molecule has 1 saturated heterocycles. The van der Waals surface area contributed by atoms with Crippen LogP contribution in [0, 0.1) is 5.92 Å². The molecule has 1 saturated carbocycles. The summed E-state index contributed by atoms with van der Waals surface area (Å²) in [4.78, 5) is -0.124. The number of hydrogen-bond donors (Lipinski definition) is 2. The van der Waals surface area contributed by atoms with Crippen molar-refractivity contribution < 1.29 is 13.2 Å². The van der Waals surface area contributed by atoms with Crippen molar-refractivity contribution in [3.05, 3.63) is 22.2 Å². The minimum absolute atomic E-state index is 0.0226. The first kappa shape index (κ1) is 15.4. The van der Waals surface area contributed by atoms with E-state index in [1.807, 2.05) is 0 Å². The van der Waals surface area contributed by atoms with E-state index in [1.54, 1.807) is 0 Å². The highest BCUT2D eigenvalue weighted by molar-refractivity contribution is 7.89. The highest BCUT2D eigenvalue weighted by Gasteiger charge is 2.42. The van der Waals surface area contributed by atoms with Crippen LogP contribution in [0.1, 0.15) is 19.3 Å². The molecule has 0 spiro atoms. The summed E-state index contributed by atoms with van der Waals surface area (Å²) in [6.45, 7) is 0.567. The molecule has 2 atom stereocenters. The van der Waals surface area contributed by atoms with Gasteiger partial charge in [-0.3, -0.25) is 0 Å². The van der Waals surface area contributed by atoms with Gasteiger partial charge in [0.25, 0.3) is 0 Å². The summed E-state index contributed by atoms with van der Waals surface area (Å²) in [6.07, 6.45) is 2.79. The maximum Gasteiger partial charge on any atom is 0.243 e. The average Bonchev–Trinajstić information content (AvgIpc) is 3.08. The summed E-state index contributed by atoms with van der Waals surface area (Å²) >= 11 is 12.0. The Kier molecular flexibility index (Phi) is 4.09. The van der Waals surface area contributed by atoms with Gasteiger partial charge in [0, 0.05) is 12.3 Å². The second-order valence-electron chi connectivity index (χ2n) is 5.50. The number of nitrogen functional groups attached to an aromatic ring is 1. The predicted octanol–water partition coefficient (Wildman–Crippen LogP) is 2.42. The molecule has 1 aromatic rings. The Morgan fingerprint density at radius 3 is 2.38 bits per heavy atom. The monoisotopic (exact) mass is 350 g/mol. The first-order valence-corrected chi connectivity index (χ1v) is 9.01. The summed E-state index contributed by atoms with van der Waals surface area (Å²) in [7, 11) is -3.81. The van der Waals surface area contributed by atoms with Gasteiger partial charge in [0.15, 0.2) is 0 Å². The molecule has 2 aliphatic rings. The summed E-state index contributed by atoms with van der Waals surface area (Å²) in [5, 5.41) is 0.0452. The molecule has 0 aromatic heterocycles. The number of ether oxygens (including phenoxy) is 1. The van der Waals surface area contributed by atoms with Gasteiger partial charge in [-0.25, -0.2) is 13.1 Å². The van der Waals surface area contributed by atoms with Gasteiger partial charge >= 0.3 is 0 Å². The standard InChI is InChI=1S/C13H16Cl2N2O3S/c14-9-5-8(16)6-10(15)13(9)21(18,19)17-11-3-4-20-12(11)7-1-2-7/h5-7,11-12,17H,1-4,16H2. The van der Waals surface area contributed by atoms with E-state index in [-0.39, 0.29) is 27.1 Å². The predicted molar refractivity (Wildman–Crippen MR) is 82.1 cm³/mol. The zero-order chi connectivity index (χ0) is 15.2. The molecule has 2 fully saturated rings. The lowest BCUT2D eigenvalue weighted by atomic mass is 10.1. The zero-order valence-electron chi connectivity index (χ0n) is 11.2. The van der Waals surface area contributed by atoms with Crippen LogP contribution in [0.5, 0.6) is 0 Å². The number of sulfonamides is 1. The molecule has 1 heterocycles. The van der Waals surface area contributed by atoms with Crippen LogP contribution >= 0.6 is 23.2 Å². The lowest BCUT2D eigenvalue weighted by molar-refractivity contribution is 0.0848. The van der Waals surface area contributed by atoms with Crippen molar-refractivity contribution in [1.29, 1.82) is 0 Å². The quantitative estimate of drug-likeness (QED) is 0.817. The Morgan fingerprint density at radius 2 is 1.81 bits per heavy atom. The van der Waals surface area contributed by atoms with Crippen LogP contribution in [-0.4, -0.2) is 27.2 Å². The molecule has 2 unspecified atom stereocenters. The molecule has 5 nitrogen and oxygen atoms in total. The number of rotatable bonds is 4. The fourth-order valence-corrected chi connectivity index (χ4v) is 5.23. The molecular formula is C13H16Cl2N2O3S. The van der Waals surface area contributed by atoms with Crippen molar-refractivity contribution in [2.24, 2.45) is 5.92 Å². The van der Waals surface area contributed by atoms with E-state index in [4.69, 9.17) is 33.7 Å². The van der Waals surface area contributed by atoms with Crippen molar-refractivity contribution in [2.75, 3.05) is 12.3 Å². The summed E-state index contributed by atoms with van der Waals surface area (Å²) in [5.74, 6) is 0.456. The molecule has 8 heteroatoms. The lowest BCUT2D eigenvalue weighted by Crippen LogP contribution is -2.41. The number of nitrogens with one attached hydrogen (secondary N) is 1. The van der Waals surface area contributed by atoms with Gasteiger partial charge in [0.2, 0.25) is 10.0 Å². The molecule has 0 radical (unpaired) electrons. The molecule has 3 rings (SSSR count). The maximum absolute atomic E-state index is 12.6. The topological polar surface area (TPSA) is 81.4 Å². The minimum Gasteiger partial charge on any atom is -0.399 e. The first-order valence-electron chi connectivity index (χ1n) is 6.77. The van der Waals surface area contributed by atoms with E-state index in [0.29, 0.717) is 24.6 Å². The third-order valence-electron chi connectivity index (χ3n) is 3.82. The van der Waals surface area contributed by atoms with Gasteiger partial charge < -0.3 is 10.5 Å². The second kappa shape index (κ2) is 5.59. The molecular weight excluding hydrogens is 335 g/mol. The second-order valence-corrected chi connectivity index (χ2v) is 7.97. The highest BCUT2D eigenvalue weighted by Crippen LogP contribution is 2.39. The molecule has 1 aromatic carbocycles. The number of hydrogen-bond acceptors (Lipinski definition) is 4. The van der Waals surface area contributed by atoms with E-state index < -0.39 is 10.0 Å². The van der Waals surface area contributed by atoms with Crippen LogP contribution < -0.4 is 10.5 Å². The molecule has 116 valence electrons.